The number of nitrogens with zero attached hydrogens (tertiary/aromatic N) is 2. The summed E-state index contributed by atoms with van der Waals surface area (Å²) in [7, 11) is -2.83. The Morgan fingerprint density at radius 3 is 2.37 bits per heavy atom. The number of hydrogen-bond acceptors (Lipinski definition) is 3. The van der Waals surface area contributed by atoms with Gasteiger partial charge in [0.1, 0.15) is 0 Å². The smallest absolute Gasteiger partial charge is 0.266 e. The largest absolute Gasteiger partial charge is 0.286 e. The van der Waals surface area contributed by atoms with Crippen LogP contribution < -0.4 is 0 Å². The lowest BCUT2D eigenvalue weighted by molar-refractivity contribution is 0.100. The van der Waals surface area contributed by atoms with Crippen LogP contribution in [0, 0.1) is 11.8 Å². The van der Waals surface area contributed by atoms with Crippen LogP contribution in [0.25, 0.3) is 0 Å². The van der Waals surface area contributed by atoms with Crippen molar-refractivity contribution in [3.05, 3.63) is 94.8 Å². The van der Waals surface area contributed by atoms with Crippen molar-refractivity contribution in [2.24, 2.45) is 4.36 Å². The third-order valence-corrected chi connectivity index (χ3v) is 5.53. The lowest BCUT2D eigenvalue weighted by Gasteiger charge is -2.03. The molecule has 0 radical (unpaired) electrons. The predicted octanol–water partition coefficient (Wildman–Crippen LogP) is 4.43. The van der Waals surface area contributed by atoms with Gasteiger partial charge in [-0.3, -0.25) is 9.78 Å². The standard InChI is InChI=1S/C21H15ClN2O2S/c1-27(26,20-5-3-2-4-6-20)24-21(25)18-13-17(14-23-15-18)8-7-16-9-11-19(22)12-10-16/h2-6,9-15H,1H3. The highest BCUT2D eigenvalue weighted by Gasteiger charge is 2.11. The van der Waals surface area contributed by atoms with Crippen LogP contribution in [0.2, 0.25) is 5.02 Å². The Hall–Kier alpha value is -2.94. The summed E-state index contributed by atoms with van der Waals surface area (Å²) in [4.78, 5) is 17.0. The molecule has 0 aliphatic heterocycles. The molecule has 0 aliphatic carbocycles. The number of pyridine rings is 1. The molecule has 1 amide bonds. The third kappa shape index (κ3) is 5.04. The highest BCUT2D eigenvalue weighted by atomic mass is 35.5. The summed E-state index contributed by atoms with van der Waals surface area (Å²) in [5.41, 5.74) is 1.60. The van der Waals surface area contributed by atoms with Crippen LogP contribution in [0.5, 0.6) is 0 Å². The summed E-state index contributed by atoms with van der Waals surface area (Å²) in [6, 6.07) is 17.4. The molecule has 1 unspecified atom stereocenters. The van der Waals surface area contributed by atoms with Gasteiger partial charge in [0.25, 0.3) is 5.91 Å². The molecule has 2 aromatic carbocycles. The van der Waals surface area contributed by atoms with Crippen molar-refractivity contribution in [3.63, 3.8) is 0 Å². The van der Waals surface area contributed by atoms with E-state index in [0.29, 0.717) is 15.5 Å². The number of rotatable bonds is 2. The number of aromatic nitrogens is 1. The topological polar surface area (TPSA) is 59.4 Å². The van der Waals surface area contributed by atoms with Crippen molar-refractivity contribution in [1.82, 2.24) is 4.98 Å². The second kappa shape index (κ2) is 8.17. The maximum atomic E-state index is 12.7. The Balaban J connectivity index is 1.87. The molecule has 134 valence electrons. The Bertz CT molecular complexity index is 1150. The molecule has 0 aliphatic rings. The van der Waals surface area contributed by atoms with E-state index < -0.39 is 15.6 Å². The average Bonchev–Trinajstić information content (AvgIpc) is 2.68. The van der Waals surface area contributed by atoms with E-state index in [4.69, 9.17) is 11.6 Å². The fraction of sp³-hybridized carbons (Fsp3) is 0.0476. The van der Waals surface area contributed by atoms with Gasteiger partial charge in [-0.25, -0.2) is 4.21 Å². The number of carbonyl (C=O) groups excluding carboxylic acids is 1. The molecule has 6 heteroatoms. The van der Waals surface area contributed by atoms with Crippen LogP contribution in [-0.4, -0.2) is 21.4 Å². The van der Waals surface area contributed by atoms with Gasteiger partial charge in [-0.1, -0.05) is 41.6 Å². The summed E-state index contributed by atoms with van der Waals surface area (Å²) >= 11 is 5.85. The van der Waals surface area contributed by atoms with Gasteiger partial charge in [0, 0.05) is 39.7 Å². The van der Waals surface area contributed by atoms with Gasteiger partial charge in [0.05, 0.1) is 15.3 Å². The van der Waals surface area contributed by atoms with E-state index in [1.807, 2.05) is 6.07 Å². The maximum absolute atomic E-state index is 12.7. The quantitative estimate of drug-likeness (QED) is 0.604. The maximum Gasteiger partial charge on any atom is 0.286 e. The highest BCUT2D eigenvalue weighted by Crippen LogP contribution is 2.13. The molecule has 0 spiro atoms. The third-order valence-electron chi connectivity index (χ3n) is 3.62. The van der Waals surface area contributed by atoms with Crippen molar-refractivity contribution < 1.29 is 9.00 Å². The zero-order valence-electron chi connectivity index (χ0n) is 14.4. The van der Waals surface area contributed by atoms with E-state index in [2.05, 4.69) is 21.2 Å². The van der Waals surface area contributed by atoms with Crippen molar-refractivity contribution >= 4 is 27.2 Å². The summed E-state index contributed by atoms with van der Waals surface area (Å²) in [6.45, 7) is 0. The first-order valence-electron chi connectivity index (χ1n) is 7.98. The molecule has 1 atom stereocenters. The van der Waals surface area contributed by atoms with Gasteiger partial charge in [0.2, 0.25) is 0 Å². The van der Waals surface area contributed by atoms with Gasteiger partial charge in [-0.2, -0.15) is 4.36 Å². The van der Waals surface area contributed by atoms with E-state index in [1.54, 1.807) is 60.8 Å². The zero-order chi connectivity index (χ0) is 19.3. The molecule has 1 heterocycles. The zero-order valence-corrected chi connectivity index (χ0v) is 16.0. The number of halogens is 1. The Kier molecular flexibility index (Phi) is 5.70. The van der Waals surface area contributed by atoms with E-state index in [9.17, 15) is 9.00 Å². The van der Waals surface area contributed by atoms with Crippen LogP contribution in [0.15, 0.2) is 82.3 Å². The SMILES string of the molecule is CS(=O)(=NC(=O)c1cncc(C#Cc2ccc(Cl)cc2)c1)c1ccccc1. The molecule has 0 saturated heterocycles. The van der Waals surface area contributed by atoms with Gasteiger partial charge in [-0.05, 0) is 42.5 Å². The molecule has 0 fully saturated rings. The van der Waals surface area contributed by atoms with E-state index in [-0.39, 0.29) is 5.56 Å². The van der Waals surface area contributed by atoms with E-state index in [1.165, 1.54) is 12.5 Å². The highest BCUT2D eigenvalue weighted by molar-refractivity contribution is 7.93. The fourth-order valence-corrected chi connectivity index (χ4v) is 3.55. The molecule has 0 bridgehead atoms. The second-order valence-corrected chi connectivity index (χ2v) is 8.43. The number of amides is 1. The molecule has 4 nitrogen and oxygen atoms in total. The van der Waals surface area contributed by atoms with Gasteiger partial charge >= 0.3 is 0 Å². The lowest BCUT2D eigenvalue weighted by atomic mass is 10.2. The van der Waals surface area contributed by atoms with Crippen molar-refractivity contribution in [2.45, 2.75) is 4.90 Å². The van der Waals surface area contributed by atoms with Crippen molar-refractivity contribution in [2.75, 3.05) is 6.26 Å². The fourth-order valence-electron chi connectivity index (χ4n) is 2.24. The normalized spacial score (nSPS) is 12.4. The molecule has 3 rings (SSSR count). The molecule has 1 aromatic heterocycles. The predicted molar refractivity (Wildman–Crippen MR) is 107 cm³/mol. The van der Waals surface area contributed by atoms with Gasteiger partial charge < -0.3 is 0 Å². The van der Waals surface area contributed by atoms with E-state index in [0.717, 1.165) is 5.56 Å². The summed E-state index contributed by atoms with van der Waals surface area (Å²) in [5, 5.41) is 0.637. The first kappa shape index (κ1) is 18.8. The summed E-state index contributed by atoms with van der Waals surface area (Å²) in [6.07, 6.45) is 4.39. The molecule has 0 saturated carbocycles. The first-order valence-corrected chi connectivity index (χ1v) is 10.3. The molecular weight excluding hydrogens is 380 g/mol. The van der Waals surface area contributed by atoms with Crippen LogP contribution >= 0.6 is 11.6 Å². The molecule has 0 N–H and O–H groups in total. The van der Waals surface area contributed by atoms with Gasteiger partial charge in [-0.15, -0.1) is 0 Å². The van der Waals surface area contributed by atoms with Crippen LogP contribution in [0.3, 0.4) is 0 Å². The van der Waals surface area contributed by atoms with Crippen molar-refractivity contribution in [1.29, 1.82) is 0 Å². The van der Waals surface area contributed by atoms with E-state index >= 15 is 0 Å². The van der Waals surface area contributed by atoms with Gasteiger partial charge in [0.15, 0.2) is 0 Å². The average molecular weight is 395 g/mol. The summed E-state index contributed by atoms with van der Waals surface area (Å²) in [5.74, 6) is 5.34. The van der Waals surface area contributed by atoms with Crippen LogP contribution in [0.4, 0.5) is 0 Å². The van der Waals surface area contributed by atoms with Crippen LogP contribution in [0.1, 0.15) is 21.5 Å². The minimum absolute atomic E-state index is 0.239. The Labute approximate surface area is 163 Å². The molecule has 3 aromatic rings. The number of hydrogen-bond donors (Lipinski definition) is 0. The number of carbonyl (C=O) groups is 1. The minimum Gasteiger partial charge on any atom is -0.266 e. The van der Waals surface area contributed by atoms with Crippen molar-refractivity contribution in [3.8, 4) is 11.8 Å². The summed E-state index contributed by atoms with van der Waals surface area (Å²) < 4.78 is 16.7. The Morgan fingerprint density at radius 1 is 1.00 bits per heavy atom. The molecular formula is C21H15ClN2O2S. The second-order valence-electron chi connectivity index (χ2n) is 5.73. The molecule has 27 heavy (non-hydrogen) atoms. The number of benzene rings is 2. The Morgan fingerprint density at radius 2 is 1.67 bits per heavy atom. The monoisotopic (exact) mass is 394 g/mol. The lowest BCUT2D eigenvalue weighted by Crippen LogP contribution is -2.04. The first-order chi connectivity index (χ1) is 12.9. The minimum atomic E-state index is -2.83. The van der Waals surface area contributed by atoms with Crippen LogP contribution in [-0.2, 0) is 9.73 Å².